The van der Waals surface area contributed by atoms with Gasteiger partial charge >= 0.3 is 0 Å². The Morgan fingerprint density at radius 1 is 1.00 bits per heavy atom. The lowest BCUT2D eigenvalue weighted by Crippen LogP contribution is -2.10. The molecule has 0 aliphatic rings. The summed E-state index contributed by atoms with van der Waals surface area (Å²) in [6.07, 6.45) is 0. The molecule has 3 aromatic rings. The van der Waals surface area contributed by atoms with Crippen molar-refractivity contribution in [1.82, 2.24) is 0 Å². The minimum Gasteiger partial charge on any atom is -0.349 e. The minimum absolute atomic E-state index is 0.0784. The van der Waals surface area contributed by atoms with Crippen LogP contribution in [0, 0.1) is 25.2 Å². The van der Waals surface area contributed by atoms with Crippen LogP contribution in [0.3, 0.4) is 0 Å². The van der Waals surface area contributed by atoms with E-state index in [2.05, 4.69) is 5.32 Å². The third kappa shape index (κ3) is 5.92. The van der Waals surface area contributed by atoms with Crippen LogP contribution in [-0.2, 0) is 15.6 Å². The number of aryl methyl sites for hydroxylation is 2. The minimum atomic E-state index is -3.99. The van der Waals surface area contributed by atoms with E-state index >= 15 is 0 Å². The molecule has 0 spiro atoms. The fourth-order valence-electron chi connectivity index (χ4n) is 3.07. The normalized spacial score (nSPS) is 12.1. The average molecular weight is 469 g/mol. The van der Waals surface area contributed by atoms with Crippen molar-refractivity contribution in [2.24, 2.45) is 0 Å². The van der Waals surface area contributed by atoms with Gasteiger partial charge in [-0.25, -0.2) is 8.42 Å². The number of nitrogens with one attached hydrogen (secondary N) is 1. The Morgan fingerprint density at radius 2 is 1.68 bits per heavy atom. The summed E-state index contributed by atoms with van der Waals surface area (Å²) >= 11 is 7.33. The predicted octanol–water partition coefficient (Wildman–Crippen LogP) is 6.47. The molecule has 4 nitrogen and oxygen atoms in total. The van der Waals surface area contributed by atoms with E-state index in [4.69, 9.17) is 11.6 Å². The number of sulfone groups is 1. The van der Waals surface area contributed by atoms with E-state index in [0.717, 1.165) is 22.4 Å². The van der Waals surface area contributed by atoms with Gasteiger partial charge in [-0.3, -0.25) is 0 Å². The van der Waals surface area contributed by atoms with Crippen LogP contribution in [0.4, 0.5) is 5.69 Å². The molecule has 31 heavy (non-hydrogen) atoms. The largest absolute Gasteiger partial charge is 0.349 e. The van der Waals surface area contributed by atoms with Gasteiger partial charge in [-0.05, 0) is 66.9 Å². The van der Waals surface area contributed by atoms with Crippen LogP contribution in [0.15, 0.2) is 87.6 Å². The highest BCUT2D eigenvalue weighted by Crippen LogP contribution is 2.32. The summed E-state index contributed by atoms with van der Waals surface area (Å²) < 4.78 is 26.5. The molecular weight excluding hydrogens is 448 g/mol. The molecule has 0 aliphatic heterocycles. The van der Waals surface area contributed by atoms with E-state index in [1.165, 1.54) is 23.9 Å². The number of hydrogen-bond donors (Lipinski definition) is 1. The summed E-state index contributed by atoms with van der Waals surface area (Å²) in [4.78, 5) is -0.237. The summed E-state index contributed by atoms with van der Waals surface area (Å²) in [5.74, 6) is 0.448. The highest BCUT2D eigenvalue weighted by Gasteiger charge is 2.25. The summed E-state index contributed by atoms with van der Waals surface area (Å²) in [5.41, 5.74) is 3.71. The van der Waals surface area contributed by atoms with Gasteiger partial charge in [0.2, 0.25) is 9.84 Å². The van der Waals surface area contributed by atoms with E-state index in [-0.39, 0.29) is 14.8 Å². The number of rotatable bonds is 7. The van der Waals surface area contributed by atoms with Crippen molar-refractivity contribution in [2.75, 3.05) is 5.32 Å². The Morgan fingerprint density at radius 3 is 2.29 bits per heavy atom. The first-order chi connectivity index (χ1) is 14.8. The summed E-state index contributed by atoms with van der Waals surface area (Å²) in [6.45, 7) is 3.93. The second-order valence-electron chi connectivity index (χ2n) is 7.01. The van der Waals surface area contributed by atoms with Crippen LogP contribution in [0.2, 0.25) is 5.02 Å². The molecule has 0 amide bonds. The molecule has 0 aromatic heterocycles. The van der Waals surface area contributed by atoms with Crippen molar-refractivity contribution in [1.29, 1.82) is 5.26 Å². The standard InChI is InChI=1S/C24H21ClN2O2S2/c1-17-11-18(2)13-21(12-17)27-24(30-16-19-7-6-8-20(25)14-19)23(15-26)31(28,29)22-9-4-3-5-10-22/h3-14,27H,16H2,1-2H3. The van der Waals surface area contributed by atoms with Crippen LogP contribution in [0.1, 0.15) is 16.7 Å². The number of anilines is 1. The van der Waals surface area contributed by atoms with Gasteiger partial charge in [0, 0.05) is 16.5 Å². The zero-order valence-electron chi connectivity index (χ0n) is 17.1. The van der Waals surface area contributed by atoms with Crippen LogP contribution in [-0.4, -0.2) is 8.42 Å². The Balaban J connectivity index is 2.06. The molecule has 0 radical (unpaired) electrons. The monoisotopic (exact) mass is 468 g/mol. The van der Waals surface area contributed by atoms with Gasteiger partial charge in [-0.1, -0.05) is 48.0 Å². The lowest BCUT2D eigenvalue weighted by molar-refractivity contribution is 0.603. The van der Waals surface area contributed by atoms with E-state index in [1.54, 1.807) is 24.3 Å². The van der Waals surface area contributed by atoms with Gasteiger partial charge in [-0.15, -0.1) is 11.8 Å². The Labute approximate surface area is 192 Å². The fraction of sp³-hybridized carbons (Fsp3) is 0.125. The molecule has 158 valence electrons. The first-order valence-corrected chi connectivity index (χ1v) is 12.3. The van der Waals surface area contributed by atoms with Crippen LogP contribution < -0.4 is 5.32 Å². The van der Waals surface area contributed by atoms with Crippen molar-refractivity contribution in [3.05, 3.63) is 104 Å². The Hall–Kier alpha value is -2.72. The third-order valence-corrected chi connectivity index (χ3v) is 7.54. The van der Waals surface area contributed by atoms with E-state index < -0.39 is 9.84 Å². The Bertz CT molecular complexity index is 1240. The van der Waals surface area contributed by atoms with E-state index in [1.807, 2.05) is 56.3 Å². The number of hydrogen-bond acceptors (Lipinski definition) is 5. The molecule has 3 aromatic carbocycles. The zero-order chi connectivity index (χ0) is 22.4. The molecule has 0 fully saturated rings. The quantitative estimate of drug-likeness (QED) is 0.402. The molecule has 0 aliphatic carbocycles. The molecule has 0 saturated carbocycles. The van der Waals surface area contributed by atoms with Crippen molar-refractivity contribution in [3.63, 3.8) is 0 Å². The summed E-state index contributed by atoms with van der Waals surface area (Å²) in [7, 11) is -3.99. The van der Waals surface area contributed by atoms with Crippen LogP contribution in [0.5, 0.6) is 0 Å². The summed E-state index contributed by atoms with van der Waals surface area (Å²) in [5, 5.41) is 13.9. The number of nitriles is 1. The van der Waals surface area contributed by atoms with Gasteiger partial charge in [-0.2, -0.15) is 5.26 Å². The maximum Gasteiger partial charge on any atom is 0.219 e. The molecule has 0 saturated heterocycles. The van der Waals surface area contributed by atoms with Gasteiger partial charge in [0.25, 0.3) is 0 Å². The molecule has 3 rings (SSSR count). The lowest BCUT2D eigenvalue weighted by atomic mass is 10.1. The molecule has 0 bridgehead atoms. The van der Waals surface area contributed by atoms with E-state index in [0.29, 0.717) is 10.8 Å². The highest BCUT2D eigenvalue weighted by molar-refractivity contribution is 8.04. The van der Waals surface area contributed by atoms with Crippen LogP contribution >= 0.6 is 23.4 Å². The molecule has 7 heteroatoms. The topological polar surface area (TPSA) is 70.0 Å². The number of thioether (sulfide) groups is 1. The molecule has 0 heterocycles. The van der Waals surface area contributed by atoms with Crippen molar-refractivity contribution in [2.45, 2.75) is 24.5 Å². The number of allylic oxidation sites excluding steroid dienone is 1. The maximum atomic E-state index is 13.2. The lowest BCUT2D eigenvalue weighted by Gasteiger charge is -2.15. The van der Waals surface area contributed by atoms with Gasteiger partial charge in [0.1, 0.15) is 11.1 Å². The van der Waals surface area contributed by atoms with E-state index in [9.17, 15) is 13.7 Å². The fourth-order valence-corrected chi connectivity index (χ4v) is 5.81. The number of nitrogens with zero attached hydrogens (tertiary/aromatic N) is 1. The number of halogens is 1. The smallest absolute Gasteiger partial charge is 0.219 e. The van der Waals surface area contributed by atoms with Gasteiger partial charge in [0.15, 0.2) is 4.91 Å². The SMILES string of the molecule is Cc1cc(C)cc(NC(SCc2cccc(Cl)c2)=C(C#N)S(=O)(=O)c2ccccc2)c1. The predicted molar refractivity (Wildman–Crippen MR) is 129 cm³/mol. The molecule has 0 atom stereocenters. The second kappa shape index (κ2) is 10.1. The second-order valence-corrected chi connectivity index (χ2v) is 10.3. The maximum absolute atomic E-state index is 13.2. The first kappa shape index (κ1) is 23.0. The average Bonchev–Trinajstić information content (AvgIpc) is 2.72. The molecule has 1 N–H and O–H groups in total. The van der Waals surface area contributed by atoms with Gasteiger partial charge < -0.3 is 5.32 Å². The molecular formula is C24H21ClN2O2S2. The van der Waals surface area contributed by atoms with Crippen molar-refractivity contribution in [3.8, 4) is 6.07 Å². The van der Waals surface area contributed by atoms with Crippen LogP contribution in [0.25, 0.3) is 0 Å². The highest BCUT2D eigenvalue weighted by atomic mass is 35.5. The van der Waals surface area contributed by atoms with Crippen molar-refractivity contribution < 1.29 is 8.42 Å². The first-order valence-electron chi connectivity index (χ1n) is 9.46. The van der Waals surface area contributed by atoms with Crippen molar-refractivity contribution >= 4 is 38.9 Å². The number of benzene rings is 3. The third-order valence-electron chi connectivity index (χ3n) is 4.38. The van der Waals surface area contributed by atoms with Gasteiger partial charge in [0.05, 0.1) is 4.90 Å². The summed E-state index contributed by atoms with van der Waals surface area (Å²) in [6, 6.07) is 23.1. The molecule has 0 unspecified atom stereocenters. The zero-order valence-corrected chi connectivity index (χ0v) is 19.5. The Kier molecular flexibility index (Phi) is 7.45.